The first kappa shape index (κ1) is 18.0. The van der Waals surface area contributed by atoms with Crippen molar-refractivity contribution in [3.05, 3.63) is 23.9 Å². The van der Waals surface area contributed by atoms with E-state index in [0.717, 1.165) is 57.1 Å². The van der Waals surface area contributed by atoms with Crippen LogP contribution in [0.15, 0.2) is 18.3 Å². The van der Waals surface area contributed by atoms with E-state index >= 15 is 0 Å². The second kappa shape index (κ2) is 8.52. The van der Waals surface area contributed by atoms with E-state index in [1.807, 2.05) is 11.1 Å². The van der Waals surface area contributed by atoms with E-state index < -0.39 is 0 Å². The molecule has 2 amide bonds. The Morgan fingerprint density at radius 3 is 2.84 bits per heavy atom. The number of hydrogen-bond donors (Lipinski definition) is 1. The Kier molecular flexibility index (Phi) is 6.13. The number of aromatic nitrogens is 1. The summed E-state index contributed by atoms with van der Waals surface area (Å²) in [5, 5.41) is 3.03. The predicted molar refractivity (Wildman–Crippen MR) is 101 cm³/mol. The number of piperidine rings is 1. The molecule has 0 bridgehead atoms. The van der Waals surface area contributed by atoms with E-state index in [-0.39, 0.29) is 6.03 Å². The van der Waals surface area contributed by atoms with Crippen LogP contribution in [0.25, 0.3) is 0 Å². The number of anilines is 1. The highest BCUT2D eigenvalue weighted by Crippen LogP contribution is 2.16. The topological polar surface area (TPSA) is 51.7 Å². The average molecular weight is 345 g/mol. The third kappa shape index (κ3) is 5.08. The van der Waals surface area contributed by atoms with Gasteiger partial charge in [0.15, 0.2) is 0 Å². The Bertz CT molecular complexity index is 561. The van der Waals surface area contributed by atoms with Crippen LogP contribution >= 0.6 is 0 Å². The van der Waals surface area contributed by atoms with Crippen molar-refractivity contribution in [3.8, 4) is 0 Å². The Morgan fingerprint density at radius 1 is 1.20 bits per heavy atom. The molecule has 3 rings (SSSR count). The standard InChI is InChI=1S/C19H31N5O/c1-16-5-3-9-24(15-16)19(25)21-14-17-6-7-18(20-13-17)23-10-4-8-22(2)11-12-23/h6-7,13,16H,3-5,8-12,14-15H2,1-2H3,(H,21,25). The van der Waals surface area contributed by atoms with Gasteiger partial charge < -0.3 is 20.0 Å². The van der Waals surface area contributed by atoms with Crippen LogP contribution in [-0.2, 0) is 6.54 Å². The van der Waals surface area contributed by atoms with Crippen LogP contribution in [0.5, 0.6) is 0 Å². The largest absolute Gasteiger partial charge is 0.355 e. The number of rotatable bonds is 3. The molecule has 2 fully saturated rings. The quantitative estimate of drug-likeness (QED) is 0.912. The number of likely N-dealkylation sites (N-methyl/N-ethyl adjacent to an activating group) is 1. The highest BCUT2D eigenvalue weighted by atomic mass is 16.2. The Hall–Kier alpha value is -1.82. The van der Waals surface area contributed by atoms with Gasteiger partial charge in [-0.3, -0.25) is 0 Å². The van der Waals surface area contributed by atoms with Crippen molar-refractivity contribution in [1.29, 1.82) is 0 Å². The second-order valence-corrected chi connectivity index (χ2v) is 7.52. The average Bonchev–Trinajstić information content (AvgIpc) is 2.85. The zero-order valence-electron chi connectivity index (χ0n) is 15.6. The maximum absolute atomic E-state index is 12.3. The van der Waals surface area contributed by atoms with Crippen LogP contribution in [0.2, 0.25) is 0 Å². The monoisotopic (exact) mass is 345 g/mol. The molecule has 1 aromatic rings. The van der Waals surface area contributed by atoms with E-state index in [2.05, 4.69) is 46.2 Å². The normalized spacial score (nSPS) is 22.6. The van der Waals surface area contributed by atoms with Crippen molar-refractivity contribution in [2.45, 2.75) is 32.7 Å². The first-order chi connectivity index (χ1) is 12.1. The van der Waals surface area contributed by atoms with Gasteiger partial charge >= 0.3 is 6.03 Å². The summed E-state index contributed by atoms with van der Waals surface area (Å²) < 4.78 is 0. The molecule has 2 aliphatic heterocycles. The lowest BCUT2D eigenvalue weighted by atomic mass is 10.0. The summed E-state index contributed by atoms with van der Waals surface area (Å²) in [6.07, 6.45) is 5.39. The van der Waals surface area contributed by atoms with E-state index in [9.17, 15) is 4.79 Å². The van der Waals surface area contributed by atoms with Gasteiger partial charge in [-0.25, -0.2) is 9.78 Å². The molecule has 1 unspecified atom stereocenters. The van der Waals surface area contributed by atoms with E-state index in [1.165, 1.54) is 12.8 Å². The van der Waals surface area contributed by atoms with E-state index in [1.54, 1.807) is 0 Å². The highest BCUT2D eigenvalue weighted by molar-refractivity contribution is 5.74. The minimum atomic E-state index is 0.0474. The number of carbonyl (C=O) groups excluding carboxylic acids is 1. The third-order valence-electron chi connectivity index (χ3n) is 5.24. The molecule has 25 heavy (non-hydrogen) atoms. The number of amides is 2. The summed E-state index contributed by atoms with van der Waals surface area (Å²) in [5.74, 6) is 1.64. The van der Waals surface area contributed by atoms with Crippen LogP contribution in [-0.4, -0.2) is 67.1 Å². The predicted octanol–water partition coefficient (Wildman–Crippen LogP) is 2.17. The number of carbonyl (C=O) groups is 1. The van der Waals surface area contributed by atoms with Gasteiger partial charge in [0.2, 0.25) is 0 Å². The first-order valence-corrected chi connectivity index (χ1v) is 9.53. The van der Waals surface area contributed by atoms with Gasteiger partial charge in [0, 0.05) is 45.5 Å². The molecule has 3 heterocycles. The van der Waals surface area contributed by atoms with Crippen LogP contribution in [0.3, 0.4) is 0 Å². The van der Waals surface area contributed by atoms with Crippen LogP contribution in [0.1, 0.15) is 31.7 Å². The van der Waals surface area contributed by atoms with Gasteiger partial charge in [-0.05, 0) is 50.4 Å². The lowest BCUT2D eigenvalue weighted by molar-refractivity contribution is 0.169. The van der Waals surface area contributed by atoms with Gasteiger partial charge in [0.05, 0.1) is 0 Å². The van der Waals surface area contributed by atoms with Crippen LogP contribution in [0.4, 0.5) is 10.6 Å². The van der Waals surface area contributed by atoms with Gasteiger partial charge in [0.25, 0.3) is 0 Å². The summed E-state index contributed by atoms with van der Waals surface area (Å²) in [6, 6.07) is 4.21. The molecule has 1 atom stereocenters. The van der Waals surface area contributed by atoms with Gasteiger partial charge in [0.1, 0.15) is 5.82 Å². The van der Waals surface area contributed by atoms with Crippen LogP contribution < -0.4 is 10.2 Å². The van der Waals surface area contributed by atoms with Gasteiger partial charge in [-0.15, -0.1) is 0 Å². The molecule has 2 aliphatic rings. The van der Waals surface area contributed by atoms with Crippen molar-refractivity contribution in [2.75, 3.05) is 51.2 Å². The maximum atomic E-state index is 12.3. The molecule has 2 saturated heterocycles. The molecule has 1 aromatic heterocycles. The van der Waals surface area contributed by atoms with E-state index in [4.69, 9.17) is 0 Å². The summed E-state index contributed by atoms with van der Waals surface area (Å²) in [4.78, 5) is 23.5. The Balaban J connectivity index is 1.49. The van der Waals surface area contributed by atoms with Crippen molar-refractivity contribution < 1.29 is 4.79 Å². The summed E-state index contributed by atoms with van der Waals surface area (Å²) in [7, 11) is 2.17. The van der Waals surface area contributed by atoms with Crippen molar-refractivity contribution in [3.63, 3.8) is 0 Å². The molecule has 6 heteroatoms. The Morgan fingerprint density at radius 2 is 2.08 bits per heavy atom. The lowest BCUT2D eigenvalue weighted by Gasteiger charge is -2.31. The molecular formula is C19H31N5O. The molecule has 1 N–H and O–H groups in total. The number of urea groups is 1. The number of likely N-dealkylation sites (tertiary alicyclic amines) is 1. The zero-order valence-corrected chi connectivity index (χ0v) is 15.6. The third-order valence-corrected chi connectivity index (χ3v) is 5.24. The van der Waals surface area contributed by atoms with Gasteiger partial charge in [-0.2, -0.15) is 0 Å². The fourth-order valence-electron chi connectivity index (χ4n) is 3.65. The molecule has 0 saturated carbocycles. The number of hydrogen-bond acceptors (Lipinski definition) is 4. The molecule has 0 radical (unpaired) electrons. The zero-order chi connectivity index (χ0) is 17.6. The van der Waals surface area contributed by atoms with Crippen molar-refractivity contribution in [2.24, 2.45) is 5.92 Å². The summed E-state index contributed by atoms with van der Waals surface area (Å²) in [5.41, 5.74) is 1.05. The van der Waals surface area contributed by atoms with Crippen molar-refractivity contribution >= 4 is 11.8 Å². The van der Waals surface area contributed by atoms with E-state index in [0.29, 0.717) is 12.5 Å². The lowest BCUT2D eigenvalue weighted by Crippen LogP contribution is -2.44. The summed E-state index contributed by atoms with van der Waals surface area (Å²) in [6.45, 7) is 8.79. The maximum Gasteiger partial charge on any atom is 0.317 e. The number of nitrogens with zero attached hydrogens (tertiary/aromatic N) is 4. The minimum Gasteiger partial charge on any atom is -0.355 e. The van der Waals surface area contributed by atoms with Crippen LogP contribution in [0, 0.1) is 5.92 Å². The molecule has 0 spiro atoms. The fourth-order valence-corrected chi connectivity index (χ4v) is 3.65. The second-order valence-electron chi connectivity index (χ2n) is 7.52. The molecular weight excluding hydrogens is 314 g/mol. The smallest absolute Gasteiger partial charge is 0.317 e. The van der Waals surface area contributed by atoms with Crippen molar-refractivity contribution in [1.82, 2.24) is 20.1 Å². The highest BCUT2D eigenvalue weighted by Gasteiger charge is 2.20. The first-order valence-electron chi connectivity index (χ1n) is 9.53. The SMILES string of the molecule is CC1CCCN(C(=O)NCc2ccc(N3CCCN(C)CC3)nc2)C1. The number of nitrogens with one attached hydrogen (secondary N) is 1. The molecule has 0 aliphatic carbocycles. The number of pyridine rings is 1. The summed E-state index contributed by atoms with van der Waals surface area (Å²) >= 11 is 0. The van der Waals surface area contributed by atoms with Gasteiger partial charge in [-0.1, -0.05) is 13.0 Å². The molecule has 138 valence electrons. The minimum absolute atomic E-state index is 0.0474. The molecule has 6 nitrogen and oxygen atoms in total. The Labute approximate surface area is 151 Å². The molecule has 0 aromatic carbocycles. The fraction of sp³-hybridized carbons (Fsp3) is 0.684.